The van der Waals surface area contributed by atoms with Gasteiger partial charge >= 0.3 is 5.97 Å². The van der Waals surface area contributed by atoms with Crippen LogP contribution in [-0.2, 0) is 24.2 Å². The summed E-state index contributed by atoms with van der Waals surface area (Å²) in [5, 5.41) is 10.1. The van der Waals surface area contributed by atoms with Crippen molar-refractivity contribution in [3.8, 4) is 16.9 Å². The molecule has 0 atom stereocenters. The Hall–Kier alpha value is -3.81. The minimum absolute atomic E-state index is 0.214. The van der Waals surface area contributed by atoms with Crippen LogP contribution in [0.2, 0.25) is 0 Å². The molecule has 0 fully saturated rings. The Bertz CT molecular complexity index is 1450. The Kier molecular flexibility index (Phi) is 5.51. The van der Waals surface area contributed by atoms with Gasteiger partial charge in [-0.25, -0.2) is 18.2 Å². The second kappa shape index (κ2) is 8.52. The van der Waals surface area contributed by atoms with Crippen molar-refractivity contribution >= 4 is 17.0 Å². The molecule has 174 valence electrons. The van der Waals surface area contributed by atoms with Gasteiger partial charge in [-0.2, -0.15) is 0 Å². The highest BCUT2D eigenvalue weighted by Gasteiger charge is 2.23. The van der Waals surface area contributed by atoms with Crippen LogP contribution in [0.3, 0.4) is 0 Å². The van der Waals surface area contributed by atoms with Crippen LogP contribution in [0, 0.1) is 24.4 Å². The summed E-state index contributed by atoms with van der Waals surface area (Å²) in [7, 11) is 0. The van der Waals surface area contributed by atoms with E-state index in [1.807, 2.05) is 0 Å². The summed E-state index contributed by atoms with van der Waals surface area (Å²) in [4.78, 5) is 16.3. The van der Waals surface area contributed by atoms with Gasteiger partial charge in [-0.15, -0.1) is 0 Å². The highest BCUT2D eigenvalue weighted by Crippen LogP contribution is 2.39. The highest BCUT2D eigenvalue weighted by molar-refractivity contribution is 5.97. The lowest BCUT2D eigenvalue weighted by molar-refractivity contribution is -0.136. The van der Waals surface area contributed by atoms with E-state index in [-0.39, 0.29) is 13.0 Å². The molecule has 1 aliphatic heterocycles. The third kappa shape index (κ3) is 3.89. The first-order valence-corrected chi connectivity index (χ1v) is 10.9. The first kappa shape index (κ1) is 22.0. The number of hydrogen-bond acceptors (Lipinski definition) is 3. The maximum absolute atomic E-state index is 15.3. The summed E-state index contributed by atoms with van der Waals surface area (Å²) < 4.78 is 49.7. The third-order valence-electron chi connectivity index (χ3n) is 6.15. The van der Waals surface area contributed by atoms with E-state index in [1.54, 1.807) is 29.8 Å². The molecule has 0 spiro atoms. The molecule has 2 aromatic carbocycles. The van der Waals surface area contributed by atoms with E-state index >= 15 is 4.39 Å². The molecule has 0 aliphatic carbocycles. The molecule has 0 saturated carbocycles. The van der Waals surface area contributed by atoms with Gasteiger partial charge in [0.15, 0.2) is 11.6 Å². The Morgan fingerprint density at radius 2 is 1.94 bits per heavy atom. The van der Waals surface area contributed by atoms with Gasteiger partial charge in [0.05, 0.1) is 13.0 Å². The fourth-order valence-corrected chi connectivity index (χ4v) is 4.56. The lowest BCUT2D eigenvalue weighted by Crippen LogP contribution is -2.11. The van der Waals surface area contributed by atoms with Crippen molar-refractivity contribution in [3.05, 3.63) is 82.4 Å². The number of benzene rings is 2. The van der Waals surface area contributed by atoms with Crippen LogP contribution in [0.1, 0.15) is 28.8 Å². The van der Waals surface area contributed by atoms with Gasteiger partial charge in [-0.05, 0) is 60.7 Å². The molecule has 5 rings (SSSR count). The summed E-state index contributed by atoms with van der Waals surface area (Å²) in [6.07, 6.45) is 2.97. The van der Waals surface area contributed by atoms with E-state index in [4.69, 9.17) is 4.74 Å². The van der Waals surface area contributed by atoms with E-state index in [0.29, 0.717) is 51.3 Å². The number of rotatable bonds is 5. The largest absolute Gasteiger partial charge is 0.493 e. The van der Waals surface area contributed by atoms with Crippen molar-refractivity contribution in [1.82, 2.24) is 9.55 Å². The fraction of sp³-hybridized carbons (Fsp3) is 0.231. The van der Waals surface area contributed by atoms with E-state index in [0.717, 1.165) is 30.5 Å². The fourth-order valence-electron chi connectivity index (χ4n) is 4.56. The molecular formula is C26H21F3N2O3. The minimum Gasteiger partial charge on any atom is -0.493 e. The second-order valence-corrected chi connectivity index (χ2v) is 8.44. The number of hydrogen-bond donors (Lipinski definition) is 1. The van der Waals surface area contributed by atoms with Crippen molar-refractivity contribution in [2.24, 2.45) is 0 Å². The number of carboxylic acids is 1. The molecular weight excluding hydrogens is 445 g/mol. The van der Waals surface area contributed by atoms with E-state index in [2.05, 4.69) is 4.98 Å². The maximum atomic E-state index is 15.3. The Balaban J connectivity index is 1.71. The summed E-state index contributed by atoms with van der Waals surface area (Å²) >= 11 is 0. The molecule has 4 aromatic rings. The number of aryl methyl sites for hydroxylation is 2. The average molecular weight is 466 g/mol. The van der Waals surface area contributed by atoms with Crippen molar-refractivity contribution < 1.29 is 27.8 Å². The van der Waals surface area contributed by atoms with E-state index in [9.17, 15) is 18.7 Å². The van der Waals surface area contributed by atoms with Crippen LogP contribution < -0.4 is 4.74 Å². The topological polar surface area (TPSA) is 64.4 Å². The Morgan fingerprint density at radius 3 is 2.71 bits per heavy atom. The Labute approximate surface area is 193 Å². The zero-order valence-electron chi connectivity index (χ0n) is 18.4. The molecule has 8 heteroatoms. The summed E-state index contributed by atoms with van der Waals surface area (Å²) in [5.74, 6) is -2.92. The van der Waals surface area contributed by atoms with Gasteiger partial charge in [-0.1, -0.05) is 6.07 Å². The maximum Gasteiger partial charge on any atom is 0.307 e. The van der Waals surface area contributed by atoms with Crippen LogP contribution >= 0.6 is 0 Å². The molecule has 3 heterocycles. The van der Waals surface area contributed by atoms with Gasteiger partial charge < -0.3 is 14.4 Å². The molecule has 2 aromatic heterocycles. The smallest absolute Gasteiger partial charge is 0.307 e. The normalized spacial score (nSPS) is 13.1. The molecule has 0 unspecified atom stereocenters. The number of halogens is 3. The standard InChI is InChI=1S/C26H21F3N2O3/c1-14-18(11-24(32)33)25(19-10-16-3-2-8-34-23(16)12-21(19)28)17-6-7-31(26(17)30-14)13-15-4-5-20(27)22(29)9-15/h4-7,9-10,12H,2-3,8,11,13H2,1H3,(H,32,33). The third-order valence-corrected chi connectivity index (χ3v) is 6.15. The first-order valence-electron chi connectivity index (χ1n) is 10.9. The summed E-state index contributed by atoms with van der Waals surface area (Å²) in [5.41, 5.74) is 3.56. The highest BCUT2D eigenvalue weighted by atomic mass is 19.2. The number of nitrogens with zero attached hydrogens (tertiary/aromatic N) is 2. The monoisotopic (exact) mass is 466 g/mol. The van der Waals surface area contributed by atoms with Gasteiger partial charge in [-0.3, -0.25) is 4.79 Å². The SMILES string of the molecule is Cc1nc2c(ccn2Cc2ccc(F)c(F)c2)c(-c2cc3c(cc2F)OCCC3)c1CC(=O)O. The van der Waals surface area contributed by atoms with Crippen LogP contribution in [0.25, 0.3) is 22.2 Å². The van der Waals surface area contributed by atoms with Gasteiger partial charge in [0.2, 0.25) is 0 Å². The number of carbonyl (C=O) groups is 1. The van der Waals surface area contributed by atoms with Gasteiger partial charge in [0.1, 0.15) is 17.2 Å². The molecule has 34 heavy (non-hydrogen) atoms. The molecule has 1 aliphatic rings. The van der Waals surface area contributed by atoms with E-state index < -0.39 is 23.4 Å². The zero-order valence-corrected chi connectivity index (χ0v) is 18.4. The summed E-state index contributed by atoms with van der Waals surface area (Å²) in [6.45, 7) is 2.43. The first-order chi connectivity index (χ1) is 16.3. The van der Waals surface area contributed by atoms with Gasteiger partial charge in [0.25, 0.3) is 0 Å². The molecule has 0 amide bonds. The van der Waals surface area contributed by atoms with Crippen molar-refractivity contribution in [2.45, 2.75) is 32.7 Å². The van der Waals surface area contributed by atoms with Crippen LogP contribution in [-0.4, -0.2) is 27.2 Å². The number of pyridine rings is 1. The molecule has 0 radical (unpaired) electrons. The lowest BCUT2D eigenvalue weighted by Gasteiger charge is -2.20. The number of carboxylic acid groups (broad SMARTS) is 1. The molecule has 5 nitrogen and oxygen atoms in total. The van der Waals surface area contributed by atoms with E-state index in [1.165, 1.54) is 12.1 Å². The molecule has 0 bridgehead atoms. The number of fused-ring (bicyclic) bond motifs is 2. The van der Waals surface area contributed by atoms with Gasteiger partial charge in [0, 0.05) is 41.0 Å². The van der Waals surface area contributed by atoms with Crippen LogP contribution in [0.5, 0.6) is 5.75 Å². The number of ether oxygens (including phenoxy) is 1. The number of aromatic nitrogens is 2. The quantitative estimate of drug-likeness (QED) is 0.426. The van der Waals surface area contributed by atoms with Crippen molar-refractivity contribution in [3.63, 3.8) is 0 Å². The lowest BCUT2D eigenvalue weighted by atomic mass is 9.91. The predicted molar refractivity (Wildman–Crippen MR) is 120 cm³/mol. The van der Waals surface area contributed by atoms with Crippen molar-refractivity contribution in [2.75, 3.05) is 6.61 Å². The van der Waals surface area contributed by atoms with Crippen LogP contribution in [0.15, 0.2) is 42.6 Å². The van der Waals surface area contributed by atoms with Crippen molar-refractivity contribution in [1.29, 1.82) is 0 Å². The molecule has 1 N–H and O–H groups in total. The summed E-state index contributed by atoms with van der Waals surface area (Å²) in [6, 6.07) is 8.51. The van der Waals surface area contributed by atoms with Crippen LogP contribution in [0.4, 0.5) is 13.2 Å². The Morgan fingerprint density at radius 1 is 1.12 bits per heavy atom. The number of aliphatic carboxylic acids is 1. The minimum atomic E-state index is -1.05. The second-order valence-electron chi connectivity index (χ2n) is 8.44. The molecule has 0 saturated heterocycles. The average Bonchev–Trinajstić information content (AvgIpc) is 3.18. The zero-order chi connectivity index (χ0) is 24.0. The predicted octanol–water partition coefficient (Wildman–Crippen LogP) is 5.43.